The van der Waals surface area contributed by atoms with E-state index < -0.39 is 21.7 Å². The van der Waals surface area contributed by atoms with Gasteiger partial charge in [-0.2, -0.15) is 0 Å². The molecule has 3 aromatic rings. The molecule has 1 atom stereocenters. The number of nitrogens with one attached hydrogen (secondary N) is 2. The second-order valence-electron chi connectivity index (χ2n) is 11.0. The Morgan fingerprint density at radius 2 is 1.67 bits per heavy atom. The molecule has 9 nitrogen and oxygen atoms in total. The predicted molar refractivity (Wildman–Crippen MR) is 149 cm³/mol. The van der Waals surface area contributed by atoms with Crippen molar-refractivity contribution in [1.29, 1.82) is 0 Å². The molecule has 2 aromatic carbocycles. The van der Waals surface area contributed by atoms with Crippen molar-refractivity contribution < 1.29 is 22.7 Å². The first-order valence-corrected chi connectivity index (χ1v) is 14.1. The summed E-state index contributed by atoms with van der Waals surface area (Å²) in [6.07, 6.45) is 0.351. The van der Waals surface area contributed by atoms with Crippen LogP contribution in [-0.2, 0) is 16.6 Å². The number of carbonyl (C=O) groups is 1. The van der Waals surface area contributed by atoms with Gasteiger partial charge in [-0.1, -0.05) is 32.9 Å². The van der Waals surface area contributed by atoms with Crippen LogP contribution in [0.2, 0.25) is 0 Å². The number of halogens is 1. The quantitative estimate of drug-likeness (QED) is 0.359. The number of benzene rings is 2. The molecule has 1 amide bonds. The second kappa shape index (κ2) is 10.8. The van der Waals surface area contributed by atoms with Crippen LogP contribution < -0.4 is 10.0 Å². The lowest BCUT2D eigenvalue weighted by Crippen LogP contribution is -2.67. The van der Waals surface area contributed by atoms with E-state index in [1.54, 1.807) is 29.2 Å². The highest BCUT2D eigenvalue weighted by molar-refractivity contribution is 7.92. The van der Waals surface area contributed by atoms with E-state index in [0.29, 0.717) is 43.4 Å². The number of hydrogen-bond donors (Lipinski definition) is 3. The maximum Gasteiger partial charge on any atom is 0.407 e. The number of hydrogen-bond acceptors (Lipinski definition) is 6. The Morgan fingerprint density at radius 3 is 2.23 bits per heavy atom. The van der Waals surface area contributed by atoms with Crippen LogP contribution in [0.5, 0.6) is 0 Å². The van der Waals surface area contributed by atoms with Crippen molar-refractivity contribution >= 4 is 33.3 Å². The molecule has 0 bridgehead atoms. The minimum Gasteiger partial charge on any atom is -0.465 e. The monoisotopic (exact) mass is 555 g/mol. The molecule has 0 spiro atoms. The third-order valence-electron chi connectivity index (χ3n) is 7.39. The van der Waals surface area contributed by atoms with Crippen LogP contribution in [0, 0.1) is 11.2 Å². The average Bonchev–Trinajstić information content (AvgIpc) is 2.86. The zero-order valence-electron chi connectivity index (χ0n) is 22.5. The Morgan fingerprint density at radius 1 is 1.03 bits per heavy atom. The van der Waals surface area contributed by atoms with Gasteiger partial charge in [0.05, 0.1) is 5.54 Å². The van der Waals surface area contributed by atoms with Gasteiger partial charge in [0, 0.05) is 43.8 Å². The van der Waals surface area contributed by atoms with Gasteiger partial charge >= 0.3 is 6.09 Å². The molecule has 0 unspecified atom stereocenters. The van der Waals surface area contributed by atoms with Gasteiger partial charge in [0.25, 0.3) is 10.0 Å². The largest absolute Gasteiger partial charge is 0.465 e. The highest BCUT2D eigenvalue weighted by Gasteiger charge is 2.48. The second-order valence-corrected chi connectivity index (χ2v) is 12.7. The molecule has 1 aromatic heterocycles. The van der Waals surface area contributed by atoms with E-state index in [4.69, 9.17) is 0 Å². The van der Waals surface area contributed by atoms with Crippen molar-refractivity contribution in [2.24, 2.45) is 5.41 Å². The fourth-order valence-electron chi connectivity index (χ4n) is 4.62. The van der Waals surface area contributed by atoms with Gasteiger partial charge in [-0.3, -0.25) is 14.5 Å². The van der Waals surface area contributed by atoms with Gasteiger partial charge in [-0.05, 0) is 66.4 Å². The Labute approximate surface area is 228 Å². The standard InChI is InChI=1S/C28H34FN5O4S/c1-27(2,3)28(4)19-33(15-16-34(28)26(35)36)18-20-5-9-23(10-6-20)32-39(37,38)24-13-14-25(30-17-24)31-22-11-7-21(29)8-12-22/h5-14,17,32H,15-16,18-19H2,1-4H3,(H,30,31)(H,35,36)/t28-/m1/s1. The fourth-order valence-corrected chi connectivity index (χ4v) is 5.62. The van der Waals surface area contributed by atoms with E-state index in [1.807, 2.05) is 19.1 Å². The molecule has 1 aliphatic heterocycles. The van der Waals surface area contributed by atoms with E-state index in [-0.39, 0.29) is 16.1 Å². The van der Waals surface area contributed by atoms with Crippen molar-refractivity contribution in [1.82, 2.24) is 14.8 Å². The molecule has 0 radical (unpaired) electrons. The Kier molecular flexibility index (Phi) is 7.85. The van der Waals surface area contributed by atoms with Crippen LogP contribution in [0.1, 0.15) is 33.3 Å². The molecule has 0 saturated carbocycles. The zero-order chi connectivity index (χ0) is 28.4. The van der Waals surface area contributed by atoms with Gasteiger partial charge in [-0.15, -0.1) is 0 Å². The van der Waals surface area contributed by atoms with Crippen LogP contribution in [0.25, 0.3) is 0 Å². The van der Waals surface area contributed by atoms with E-state index in [2.05, 4.69) is 40.7 Å². The molecule has 208 valence electrons. The number of pyridine rings is 1. The summed E-state index contributed by atoms with van der Waals surface area (Å²) in [5.74, 6) is 0.0767. The third kappa shape index (κ3) is 6.48. The van der Waals surface area contributed by atoms with Crippen molar-refractivity contribution in [2.45, 2.75) is 44.7 Å². The molecule has 4 rings (SSSR count). The van der Waals surface area contributed by atoms with Gasteiger partial charge < -0.3 is 10.4 Å². The highest BCUT2D eigenvalue weighted by atomic mass is 32.2. The summed E-state index contributed by atoms with van der Waals surface area (Å²) in [5.41, 5.74) is 1.24. The fraction of sp³-hybridized carbons (Fsp3) is 0.357. The van der Waals surface area contributed by atoms with Crippen LogP contribution >= 0.6 is 0 Å². The summed E-state index contributed by atoms with van der Waals surface area (Å²) in [6, 6.07) is 15.9. The third-order valence-corrected chi connectivity index (χ3v) is 8.76. The Bertz CT molecular complexity index is 1410. The highest BCUT2D eigenvalue weighted by Crippen LogP contribution is 2.38. The Balaban J connectivity index is 1.38. The van der Waals surface area contributed by atoms with E-state index >= 15 is 0 Å². The number of sulfonamides is 1. The van der Waals surface area contributed by atoms with Crippen molar-refractivity contribution in [3.63, 3.8) is 0 Å². The first kappa shape index (κ1) is 28.3. The summed E-state index contributed by atoms with van der Waals surface area (Å²) in [4.78, 5) is 19.8. The van der Waals surface area contributed by atoms with Gasteiger partial charge in [0.15, 0.2) is 0 Å². The molecule has 1 aliphatic rings. The molecule has 0 aliphatic carbocycles. The van der Waals surface area contributed by atoms with E-state index in [9.17, 15) is 22.7 Å². The van der Waals surface area contributed by atoms with Gasteiger partial charge in [0.2, 0.25) is 0 Å². The number of carboxylic acid groups (broad SMARTS) is 1. The zero-order valence-corrected chi connectivity index (χ0v) is 23.3. The minimum atomic E-state index is -3.86. The maximum absolute atomic E-state index is 13.1. The van der Waals surface area contributed by atoms with Crippen LogP contribution in [0.3, 0.4) is 0 Å². The van der Waals surface area contributed by atoms with Crippen molar-refractivity contribution in [3.05, 3.63) is 78.2 Å². The number of piperazine rings is 1. The smallest absolute Gasteiger partial charge is 0.407 e. The number of aromatic nitrogens is 1. The normalized spacial score (nSPS) is 18.5. The number of nitrogens with zero attached hydrogens (tertiary/aromatic N) is 3. The molecule has 39 heavy (non-hydrogen) atoms. The lowest BCUT2D eigenvalue weighted by atomic mass is 9.72. The molecular weight excluding hydrogens is 521 g/mol. The summed E-state index contributed by atoms with van der Waals surface area (Å²) >= 11 is 0. The summed E-state index contributed by atoms with van der Waals surface area (Å²) in [6.45, 7) is 10.4. The maximum atomic E-state index is 13.1. The molecule has 1 fully saturated rings. The van der Waals surface area contributed by atoms with Crippen molar-refractivity contribution in [2.75, 3.05) is 29.7 Å². The van der Waals surface area contributed by atoms with Crippen LogP contribution in [0.15, 0.2) is 71.8 Å². The summed E-state index contributed by atoms with van der Waals surface area (Å²) < 4.78 is 41.4. The van der Waals surface area contributed by atoms with E-state index in [0.717, 1.165) is 5.56 Å². The number of anilines is 3. The van der Waals surface area contributed by atoms with E-state index in [1.165, 1.54) is 30.5 Å². The first-order valence-electron chi connectivity index (χ1n) is 12.6. The van der Waals surface area contributed by atoms with Crippen molar-refractivity contribution in [3.8, 4) is 0 Å². The predicted octanol–water partition coefficient (Wildman–Crippen LogP) is 5.37. The SMILES string of the molecule is CC(C)(C)[C@@]1(C)CN(Cc2ccc(NS(=O)(=O)c3ccc(Nc4ccc(F)cc4)nc3)cc2)CCN1C(=O)O. The molecule has 3 N–H and O–H groups in total. The molecule has 2 heterocycles. The lowest BCUT2D eigenvalue weighted by Gasteiger charge is -2.54. The summed E-state index contributed by atoms with van der Waals surface area (Å²) in [7, 11) is -3.86. The molecule has 11 heteroatoms. The van der Waals surface area contributed by atoms with Crippen LogP contribution in [0.4, 0.5) is 26.4 Å². The van der Waals surface area contributed by atoms with Gasteiger partial charge in [0.1, 0.15) is 16.5 Å². The summed E-state index contributed by atoms with van der Waals surface area (Å²) in [5, 5.41) is 12.7. The number of amides is 1. The lowest BCUT2D eigenvalue weighted by molar-refractivity contribution is -0.0462. The Hall–Kier alpha value is -3.70. The minimum absolute atomic E-state index is 0.00833. The van der Waals surface area contributed by atoms with Gasteiger partial charge in [-0.25, -0.2) is 22.6 Å². The molecule has 1 saturated heterocycles. The first-order chi connectivity index (χ1) is 18.3. The van der Waals surface area contributed by atoms with Crippen LogP contribution in [-0.4, -0.2) is 59.6 Å². The topological polar surface area (TPSA) is 115 Å². The molecular formula is C28H34FN5O4S. The number of rotatable bonds is 7. The average molecular weight is 556 g/mol.